The molecule has 7 heteroatoms. The molecule has 0 aliphatic heterocycles. The predicted octanol–water partition coefficient (Wildman–Crippen LogP) is 5.19. The molecule has 0 unspecified atom stereocenters. The summed E-state index contributed by atoms with van der Waals surface area (Å²) in [7, 11) is 0. The van der Waals surface area contributed by atoms with Crippen molar-refractivity contribution in [1.29, 1.82) is 0 Å². The fourth-order valence-electron chi connectivity index (χ4n) is 2.53. The minimum Gasteiger partial charge on any atom is -0.453 e. The lowest BCUT2D eigenvalue weighted by atomic mass is 10.2. The van der Waals surface area contributed by atoms with Crippen LogP contribution in [0.2, 0.25) is 0 Å². The van der Waals surface area contributed by atoms with Crippen molar-refractivity contribution in [2.45, 2.75) is 6.92 Å². The molecular formula is C20H16N4OS2. The van der Waals surface area contributed by atoms with Crippen molar-refractivity contribution < 1.29 is 4.42 Å². The van der Waals surface area contributed by atoms with E-state index in [0.29, 0.717) is 10.9 Å². The molecule has 0 aliphatic rings. The Kier molecular flexibility index (Phi) is 4.95. The lowest BCUT2D eigenvalue weighted by Gasteiger charge is -2.08. The van der Waals surface area contributed by atoms with Crippen LogP contribution in [0, 0.1) is 6.92 Å². The van der Waals surface area contributed by atoms with Crippen LogP contribution in [0.5, 0.6) is 0 Å². The first-order valence-electron chi connectivity index (χ1n) is 8.30. The first-order valence-corrected chi connectivity index (χ1v) is 9.53. The van der Waals surface area contributed by atoms with Crippen LogP contribution in [0.4, 0.5) is 5.69 Å². The summed E-state index contributed by atoms with van der Waals surface area (Å²) in [5.41, 5.74) is 5.82. The topological polar surface area (TPSA) is 62.5 Å². The van der Waals surface area contributed by atoms with Crippen LogP contribution in [0.25, 0.3) is 21.0 Å². The molecule has 0 amide bonds. The number of hydrazone groups is 1. The van der Waals surface area contributed by atoms with Crippen molar-refractivity contribution >= 4 is 50.8 Å². The third-order valence-electron chi connectivity index (χ3n) is 3.88. The van der Waals surface area contributed by atoms with Gasteiger partial charge in [0.1, 0.15) is 5.76 Å². The van der Waals surface area contributed by atoms with Gasteiger partial charge in [0.2, 0.25) is 0 Å². The number of benzene rings is 2. The van der Waals surface area contributed by atoms with E-state index >= 15 is 0 Å². The van der Waals surface area contributed by atoms with E-state index in [1.165, 1.54) is 0 Å². The van der Waals surface area contributed by atoms with Gasteiger partial charge >= 0.3 is 0 Å². The van der Waals surface area contributed by atoms with E-state index in [1.807, 2.05) is 67.6 Å². The van der Waals surface area contributed by atoms with E-state index in [9.17, 15) is 0 Å². The van der Waals surface area contributed by atoms with Crippen LogP contribution in [0.3, 0.4) is 0 Å². The Morgan fingerprint density at radius 3 is 2.78 bits per heavy atom. The fraction of sp³-hybridized carbons (Fsp3) is 0.0500. The number of anilines is 1. The molecule has 0 atom stereocenters. The highest BCUT2D eigenvalue weighted by Gasteiger charge is 2.09. The average Bonchev–Trinajstić information content (AvgIpc) is 3.30. The van der Waals surface area contributed by atoms with Gasteiger partial charge in [0.15, 0.2) is 15.9 Å². The third-order valence-corrected chi connectivity index (χ3v) is 5.13. The summed E-state index contributed by atoms with van der Waals surface area (Å²) in [5.74, 6) is 1.34. The SMILES string of the molecule is Cc1ccccc1NC(=S)NN=Cc1ccc(-c2nc3ccccc3s2)o1. The summed E-state index contributed by atoms with van der Waals surface area (Å²) in [6.07, 6.45) is 1.59. The zero-order valence-electron chi connectivity index (χ0n) is 14.5. The minimum absolute atomic E-state index is 0.415. The van der Waals surface area contributed by atoms with E-state index in [2.05, 4.69) is 20.8 Å². The third kappa shape index (κ3) is 4.05. The molecule has 2 aromatic heterocycles. The van der Waals surface area contributed by atoms with Crippen LogP contribution in [-0.2, 0) is 0 Å². The highest BCUT2D eigenvalue weighted by molar-refractivity contribution is 7.80. The van der Waals surface area contributed by atoms with Crippen molar-refractivity contribution in [3.05, 3.63) is 72.0 Å². The number of fused-ring (bicyclic) bond motifs is 1. The molecule has 5 nitrogen and oxygen atoms in total. The van der Waals surface area contributed by atoms with Crippen LogP contribution in [0.15, 0.2) is 70.2 Å². The molecule has 0 saturated heterocycles. The second kappa shape index (κ2) is 7.69. The van der Waals surface area contributed by atoms with Crippen LogP contribution in [0.1, 0.15) is 11.3 Å². The standard InChI is InChI=1S/C20H16N4OS2/c1-13-6-2-3-7-15(13)23-20(26)24-21-12-14-10-11-17(25-14)19-22-16-8-4-5-9-18(16)27-19/h2-12H,1H3,(H2,23,24,26). The zero-order chi connectivity index (χ0) is 18.6. The maximum Gasteiger partial charge on any atom is 0.191 e. The lowest BCUT2D eigenvalue weighted by molar-refractivity contribution is 0.574. The van der Waals surface area contributed by atoms with Gasteiger partial charge in [0.25, 0.3) is 0 Å². The van der Waals surface area contributed by atoms with E-state index in [-0.39, 0.29) is 0 Å². The van der Waals surface area contributed by atoms with Crippen molar-refractivity contribution in [3.8, 4) is 10.8 Å². The Hall–Kier alpha value is -3.03. The molecule has 0 radical (unpaired) electrons. The van der Waals surface area contributed by atoms with Gasteiger partial charge in [-0.3, -0.25) is 5.43 Å². The number of thiazole rings is 1. The second-order valence-electron chi connectivity index (χ2n) is 5.83. The molecule has 4 aromatic rings. The average molecular weight is 393 g/mol. The first-order chi connectivity index (χ1) is 13.2. The predicted molar refractivity (Wildman–Crippen MR) is 115 cm³/mol. The van der Waals surface area contributed by atoms with Crippen molar-refractivity contribution in [2.75, 3.05) is 5.32 Å². The summed E-state index contributed by atoms with van der Waals surface area (Å²) in [4.78, 5) is 4.59. The number of thiocarbonyl (C=S) groups is 1. The maximum atomic E-state index is 5.81. The monoisotopic (exact) mass is 392 g/mol. The number of nitrogens with one attached hydrogen (secondary N) is 2. The Balaban J connectivity index is 1.40. The molecule has 134 valence electrons. The van der Waals surface area contributed by atoms with Gasteiger partial charge in [0, 0.05) is 5.69 Å². The number of rotatable bonds is 4. The van der Waals surface area contributed by atoms with Gasteiger partial charge in [-0.1, -0.05) is 30.3 Å². The number of aromatic nitrogens is 1. The van der Waals surface area contributed by atoms with E-state index < -0.39 is 0 Å². The molecule has 2 N–H and O–H groups in total. The van der Waals surface area contributed by atoms with Crippen LogP contribution >= 0.6 is 23.6 Å². The molecular weight excluding hydrogens is 376 g/mol. The molecule has 0 fully saturated rings. The highest BCUT2D eigenvalue weighted by Crippen LogP contribution is 2.30. The number of para-hydroxylation sites is 2. The Bertz CT molecular complexity index is 1100. The maximum absolute atomic E-state index is 5.81. The normalized spacial score (nSPS) is 11.1. The van der Waals surface area contributed by atoms with Crippen molar-refractivity contribution in [1.82, 2.24) is 10.4 Å². The summed E-state index contributed by atoms with van der Waals surface area (Å²) in [5, 5.41) is 8.50. The van der Waals surface area contributed by atoms with E-state index in [1.54, 1.807) is 17.6 Å². The fourth-order valence-corrected chi connectivity index (χ4v) is 3.62. The van der Waals surface area contributed by atoms with Crippen molar-refractivity contribution in [3.63, 3.8) is 0 Å². The van der Waals surface area contributed by atoms with Gasteiger partial charge in [-0.05, 0) is 55.0 Å². The zero-order valence-corrected chi connectivity index (χ0v) is 16.1. The molecule has 2 aromatic carbocycles. The highest BCUT2D eigenvalue weighted by atomic mass is 32.1. The Labute approximate surface area is 165 Å². The largest absolute Gasteiger partial charge is 0.453 e. The molecule has 4 rings (SSSR count). The number of hydrogen-bond donors (Lipinski definition) is 2. The number of hydrogen-bond acceptors (Lipinski definition) is 5. The van der Waals surface area contributed by atoms with E-state index in [4.69, 9.17) is 16.6 Å². The van der Waals surface area contributed by atoms with Gasteiger partial charge < -0.3 is 9.73 Å². The van der Waals surface area contributed by atoms with E-state index in [0.717, 1.165) is 32.2 Å². The van der Waals surface area contributed by atoms with Gasteiger partial charge in [-0.15, -0.1) is 11.3 Å². The molecule has 0 aliphatic carbocycles. The summed E-state index contributed by atoms with van der Waals surface area (Å²) >= 11 is 6.85. The second-order valence-corrected chi connectivity index (χ2v) is 7.27. The van der Waals surface area contributed by atoms with Gasteiger partial charge in [0.05, 0.1) is 16.4 Å². The first kappa shape index (κ1) is 17.4. The van der Waals surface area contributed by atoms with Gasteiger partial charge in [-0.2, -0.15) is 5.10 Å². The van der Waals surface area contributed by atoms with Crippen molar-refractivity contribution in [2.24, 2.45) is 5.10 Å². The number of nitrogens with zero attached hydrogens (tertiary/aromatic N) is 2. The summed E-state index contributed by atoms with van der Waals surface area (Å²) < 4.78 is 6.95. The molecule has 2 heterocycles. The molecule has 0 saturated carbocycles. The molecule has 0 spiro atoms. The molecule has 0 bridgehead atoms. The summed E-state index contributed by atoms with van der Waals surface area (Å²) in [6.45, 7) is 2.01. The smallest absolute Gasteiger partial charge is 0.191 e. The number of aryl methyl sites for hydroxylation is 1. The van der Waals surface area contributed by atoms with Gasteiger partial charge in [-0.25, -0.2) is 4.98 Å². The number of furan rings is 1. The Morgan fingerprint density at radius 1 is 1.11 bits per heavy atom. The van der Waals surface area contributed by atoms with Crippen LogP contribution in [-0.4, -0.2) is 16.3 Å². The minimum atomic E-state index is 0.415. The Morgan fingerprint density at radius 2 is 1.93 bits per heavy atom. The van der Waals surface area contributed by atoms with Crippen LogP contribution < -0.4 is 10.7 Å². The summed E-state index contributed by atoms with van der Waals surface area (Å²) in [6, 6.07) is 19.7. The molecule has 27 heavy (non-hydrogen) atoms. The lowest BCUT2D eigenvalue weighted by Crippen LogP contribution is -2.24. The quantitative estimate of drug-likeness (QED) is 0.284.